The molecule has 150 heavy (non-hydrogen) atoms. The van der Waals surface area contributed by atoms with Crippen LogP contribution in [0.4, 0.5) is 14.4 Å². The Kier molecular flexibility index (Phi) is 110. The molecule has 0 saturated heterocycles. The van der Waals surface area contributed by atoms with Crippen molar-refractivity contribution in [1.29, 1.82) is 0 Å². The normalized spacial score (nSPS) is 11.5. The number of rotatable bonds is 67. The molecule has 42 nitrogen and oxygen atoms in total. The topological polar surface area (TPSA) is 474 Å². The van der Waals surface area contributed by atoms with Crippen molar-refractivity contribution in [3.8, 4) is 0 Å². The fraction of sp³-hybridized carbons (Fsp3) is 0.861. The molecule has 0 aliphatic heterocycles. The zero-order valence-corrected chi connectivity index (χ0v) is 102. The van der Waals surface area contributed by atoms with E-state index in [4.69, 9.17) is 123 Å². The largest absolute Gasteiger partial charge is 0.508 e. The van der Waals surface area contributed by atoms with E-state index in [-0.39, 0.29) is 181 Å². The zero-order valence-electron chi connectivity index (χ0n) is 102. The molecule has 0 amide bonds. The van der Waals surface area contributed by atoms with Gasteiger partial charge in [0, 0.05) is 149 Å². The van der Waals surface area contributed by atoms with Crippen molar-refractivity contribution in [3.63, 3.8) is 0 Å². The molecule has 0 aliphatic rings. The molecule has 0 atom stereocenters. The van der Waals surface area contributed by atoms with Gasteiger partial charge in [-0.2, -0.15) is 0 Å². The maximum Gasteiger partial charge on any atom is 0.508 e. The van der Waals surface area contributed by atoms with Crippen LogP contribution in [-0.4, -0.2) is 385 Å². The van der Waals surface area contributed by atoms with Crippen LogP contribution < -0.4 is 0 Å². The fourth-order valence-corrected chi connectivity index (χ4v) is 7.75. The van der Waals surface area contributed by atoms with Gasteiger partial charge in [0.2, 0.25) is 0 Å². The molecular formula is C108H212O42. The maximum atomic E-state index is 11.2. The first-order valence-electron chi connectivity index (χ1n) is 50.4. The van der Waals surface area contributed by atoms with Gasteiger partial charge in [0.05, 0.1) is 167 Å². The van der Waals surface area contributed by atoms with E-state index in [0.717, 1.165) is 32.1 Å². The molecule has 0 aromatic carbocycles. The van der Waals surface area contributed by atoms with Crippen LogP contribution in [0.3, 0.4) is 0 Å². The zero-order chi connectivity index (χ0) is 119. The molecule has 42 heteroatoms. The van der Waals surface area contributed by atoms with Crippen molar-refractivity contribution in [2.24, 2.45) is 0 Å². The van der Waals surface area contributed by atoms with E-state index in [1.807, 2.05) is 201 Å². The molecule has 0 aromatic rings. The number of hydrogen-bond donors (Lipinski definition) is 0. The Labute approximate surface area is 903 Å². The Morgan fingerprint density at radius 1 is 0.260 bits per heavy atom. The Morgan fingerprint density at radius 3 is 0.773 bits per heavy atom. The standard InChI is InChI=1S/2C11H22O4.C11H20O3.3C10H20O4.C10H18O4.2C9H18O4.C9H18O3.C8H16O4/c1-9(2)15-8-10(12)14-7-6-11(3,4)13-5;1-9(2)15-10(12)8-14-7-6-11(3,4)13-5;1-6-9(2)10(12)14-8-7-11(3,4)13-5;1-5-14-9(11)8-13-7-6-10(2,3)12-4;1-5-13-8-9(11)14-7-6-10(2,3)12-4;2*1-5-7-13-9(11)14-8-6-10(2,3)12-4;1-9(2,12-4)5-6-13-7-8(10)11-3;1-9(2,12-4)5-6-13-8(10)7-11-3;1-8(10)7-12-6-5-9(2,3)11-4;1-8(2,11-4)5-6-12-7(9)10-3/h2*9H,6-8H2,1-5H3;6H,7-8H2,1-5H3;3*5-8H2,1-4H3;5H,1,6-8H2,2-4H3;2*5-7H2,1-4H3;5-7H2,1-4H3;5-6H2,1-4H3/b;;9-6+;;;;;;;;. The first kappa shape index (κ1) is 165. The van der Waals surface area contributed by atoms with Crippen molar-refractivity contribution < 1.29 is 200 Å². The minimum Gasteiger partial charge on any atom is -0.467 e. The Hall–Kier alpha value is -7.47. The van der Waals surface area contributed by atoms with Gasteiger partial charge in [0.1, 0.15) is 52.9 Å². The van der Waals surface area contributed by atoms with Crippen molar-refractivity contribution in [2.45, 2.75) is 372 Å². The average molecular weight is 2180 g/mol. The fourth-order valence-electron chi connectivity index (χ4n) is 7.75. The van der Waals surface area contributed by atoms with Gasteiger partial charge in [0.25, 0.3) is 0 Å². The van der Waals surface area contributed by atoms with Gasteiger partial charge >= 0.3 is 60.3 Å². The van der Waals surface area contributed by atoms with Crippen LogP contribution in [0.1, 0.15) is 299 Å². The molecule has 0 saturated carbocycles. The summed E-state index contributed by atoms with van der Waals surface area (Å²) < 4.78 is 154. The molecule has 0 rings (SSSR count). The van der Waals surface area contributed by atoms with Crippen molar-refractivity contribution >= 4 is 66.0 Å². The maximum absolute atomic E-state index is 11.2. The van der Waals surface area contributed by atoms with Gasteiger partial charge in [-0.1, -0.05) is 25.7 Å². The first-order valence-corrected chi connectivity index (χ1v) is 50.4. The highest BCUT2D eigenvalue weighted by atomic mass is 16.7. The number of esters is 7. The van der Waals surface area contributed by atoms with Crippen LogP contribution in [0.15, 0.2) is 24.3 Å². The number of carbonyl (C=O) groups excluding carboxylic acids is 11. The molecule has 0 radical (unpaired) electrons. The number of methoxy groups -OCH3 is 14. The predicted octanol–water partition coefficient (Wildman–Crippen LogP) is 18.1. The van der Waals surface area contributed by atoms with E-state index in [1.165, 1.54) is 34.3 Å². The highest BCUT2D eigenvalue weighted by Crippen LogP contribution is 2.21. The summed E-state index contributed by atoms with van der Waals surface area (Å²) in [6.45, 7) is 70.7. The molecule has 0 aromatic heterocycles. The van der Waals surface area contributed by atoms with Gasteiger partial charge in [0.15, 0.2) is 5.78 Å². The third kappa shape index (κ3) is 133. The van der Waals surface area contributed by atoms with E-state index < -0.39 is 18.5 Å². The van der Waals surface area contributed by atoms with Gasteiger partial charge < -0.3 is 147 Å². The van der Waals surface area contributed by atoms with Crippen LogP contribution in [0.5, 0.6) is 0 Å². The monoisotopic (exact) mass is 2180 g/mol. The SMILES string of the molecule is C/C=C(\C)C(=O)OCCC(C)(C)OC.C=CCOC(=O)OCCC(C)(C)OC.CCCOC(=O)OCCC(C)(C)OC.CCOC(=O)COCCC(C)(C)OC.CCOCC(=O)OCCC(C)(C)OC.COC(=O)COCCC(C)(C)OC.COC(=O)OCCC(C)(C)OC.COC(C)(C)CCOC(=O)COC(C)C.COC(C)(C)CCOCC(=O)OC(C)C.COC(C)(C)CCOCC(C)=O.COCC(=O)OCCC(C)(C)OC. The Balaban J connectivity index is -0.000000158. The van der Waals surface area contributed by atoms with Gasteiger partial charge in [-0.3, -0.25) is 4.79 Å². The lowest BCUT2D eigenvalue weighted by molar-refractivity contribution is -0.153. The summed E-state index contributed by atoms with van der Waals surface area (Å²) in [7, 11) is 22.2. The number of hydrogen-bond acceptors (Lipinski definition) is 42. The summed E-state index contributed by atoms with van der Waals surface area (Å²) in [5.74, 6) is -2.16. The van der Waals surface area contributed by atoms with Crippen molar-refractivity contribution in [2.75, 3.05) is 245 Å². The number of allylic oxidation sites excluding steroid dienone is 1. The minimum atomic E-state index is -0.670. The molecular weight excluding hydrogens is 1970 g/mol. The van der Waals surface area contributed by atoms with Gasteiger partial charge in [-0.05, 0) is 247 Å². The third-order valence-electron chi connectivity index (χ3n) is 20.8. The molecule has 0 bridgehead atoms. The second kappa shape index (κ2) is 99.6. The lowest BCUT2D eigenvalue weighted by Crippen LogP contribution is -2.26. The highest BCUT2D eigenvalue weighted by Gasteiger charge is 2.26. The molecule has 0 fully saturated rings. The molecule has 0 unspecified atom stereocenters. The van der Waals surface area contributed by atoms with Gasteiger partial charge in [-0.15, -0.1) is 0 Å². The lowest BCUT2D eigenvalue weighted by Gasteiger charge is -2.22. The van der Waals surface area contributed by atoms with E-state index in [0.29, 0.717) is 136 Å². The highest BCUT2D eigenvalue weighted by molar-refractivity contribution is 5.87. The second-order valence-corrected chi connectivity index (χ2v) is 39.8. The smallest absolute Gasteiger partial charge is 0.467 e. The van der Waals surface area contributed by atoms with Crippen LogP contribution in [0.2, 0.25) is 0 Å². The quantitative estimate of drug-likeness (QED) is 0.0179. The molecule has 0 aliphatic carbocycles. The average Bonchev–Trinajstić information content (AvgIpc) is 0.960. The van der Waals surface area contributed by atoms with Crippen LogP contribution in [0.25, 0.3) is 0 Å². The first-order chi connectivity index (χ1) is 69.3. The van der Waals surface area contributed by atoms with Crippen LogP contribution in [-0.2, 0) is 185 Å². The number of ether oxygens (including phenoxy) is 31. The second-order valence-electron chi connectivity index (χ2n) is 39.8. The van der Waals surface area contributed by atoms with E-state index in [9.17, 15) is 52.7 Å². The summed E-state index contributed by atoms with van der Waals surface area (Å²) in [6.07, 6.45) is 9.81. The minimum absolute atomic E-state index is 0.00735. The van der Waals surface area contributed by atoms with Crippen molar-refractivity contribution in [1.82, 2.24) is 0 Å². The summed E-state index contributed by atoms with van der Waals surface area (Å²) in [6, 6.07) is 0. The molecule has 0 heterocycles. The Bertz CT molecular complexity index is 3300. The van der Waals surface area contributed by atoms with Crippen LogP contribution in [0, 0.1) is 0 Å². The van der Waals surface area contributed by atoms with Crippen LogP contribution >= 0.6 is 0 Å². The van der Waals surface area contributed by atoms with E-state index in [2.05, 4.69) is 30.3 Å². The van der Waals surface area contributed by atoms with Crippen molar-refractivity contribution in [3.05, 3.63) is 24.3 Å². The van der Waals surface area contributed by atoms with E-state index >= 15 is 0 Å². The lowest BCUT2D eigenvalue weighted by atomic mass is 10.1. The summed E-state index contributed by atoms with van der Waals surface area (Å²) >= 11 is 0. The summed E-state index contributed by atoms with van der Waals surface area (Å²) in [4.78, 5) is 119. The third-order valence-corrected chi connectivity index (χ3v) is 20.8. The molecule has 0 spiro atoms. The summed E-state index contributed by atoms with van der Waals surface area (Å²) in [5.41, 5.74) is -1.88. The molecule has 0 N–H and O–H groups in total. The molecule has 896 valence electrons. The summed E-state index contributed by atoms with van der Waals surface area (Å²) in [5, 5.41) is 0. The van der Waals surface area contributed by atoms with Gasteiger partial charge in [-0.25, -0.2) is 47.9 Å². The Morgan fingerprint density at radius 2 is 0.513 bits per heavy atom. The number of carbonyl (C=O) groups is 11. The van der Waals surface area contributed by atoms with E-state index in [1.54, 1.807) is 98.1 Å². The number of ketones is 1. The predicted molar refractivity (Wildman–Crippen MR) is 573 cm³/mol. The number of Topliss-reactive ketones (excluding diaryl/α,β-unsaturated/α-hetero) is 1.